The molecule has 0 aliphatic heterocycles. The van der Waals surface area contributed by atoms with E-state index in [0.717, 1.165) is 0 Å². The predicted octanol–water partition coefficient (Wildman–Crippen LogP) is 4.01. The van der Waals surface area contributed by atoms with Gasteiger partial charge in [0.15, 0.2) is 0 Å². The van der Waals surface area contributed by atoms with Crippen molar-refractivity contribution < 1.29 is 18.7 Å². The molecule has 0 aliphatic rings. The molecule has 0 fully saturated rings. The van der Waals surface area contributed by atoms with E-state index in [1.807, 2.05) is 0 Å². The summed E-state index contributed by atoms with van der Waals surface area (Å²) >= 11 is 0. The van der Waals surface area contributed by atoms with Crippen molar-refractivity contribution in [3.63, 3.8) is 0 Å². The molecule has 27 heavy (non-hydrogen) atoms. The van der Waals surface area contributed by atoms with Crippen LogP contribution in [0.5, 0.6) is 11.5 Å². The molecule has 2 aromatic carbocycles. The Bertz CT molecular complexity index is 914. The number of nitrogens with zero attached hydrogens (tertiary/aromatic N) is 1. The molecule has 1 amide bonds. The molecule has 0 saturated carbocycles. The molecule has 1 atom stereocenters. The third-order valence-corrected chi connectivity index (χ3v) is 4.12. The standard InChI is InChI=1S/C21H19FN2O3/c1-26-16-10-11-17(19(13-16)27-2)24-21(25)20(18-5-3-4-12-23-18)14-6-8-15(22)9-7-14/h3-13,20H,1-2H3,(H,24,25). The number of carbonyl (C=O) groups excluding carboxylic acids is 1. The second kappa shape index (κ2) is 8.31. The Morgan fingerprint density at radius 1 is 1.04 bits per heavy atom. The summed E-state index contributed by atoms with van der Waals surface area (Å²) in [5.74, 6) is -0.274. The maximum absolute atomic E-state index is 13.3. The maximum atomic E-state index is 13.3. The van der Waals surface area contributed by atoms with E-state index in [0.29, 0.717) is 28.4 Å². The Kier molecular flexibility index (Phi) is 5.66. The molecule has 5 nitrogen and oxygen atoms in total. The van der Waals surface area contributed by atoms with Crippen molar-refractivity contribution in [1.82, 2.24) is 4.98 Å². The second-order valence-electron chi connectivity index (χ2n) is 5.79. The zero-order chi connectivity index (χ0) is 19.2. The van der Waals surface area contributed by atoms with Gasteiger partial charge in [-0.25, -0.2) is 4.39 Å². The fraction of sp³-hybridized carbons (Fsp3) is 0.143. The topological polar surface area (TPSA) is 60.5 Å². The summed E-state index contributed by atoms with van der Waals surface area (Å²) in [4.78, 5) is 17.4. The average Bonchev–Trinajstić information content (AvgIpc) is 2.71. The number of benzene rings is 2. The van der Waals surface area contributed by atoms with Gasteiger partial charge in [0.2, 0.25) is 5.91 Å². The van der Waals surface area contributed by atoms with Gasteiger partial charge < -0.3 is 14.8 Å². The molecule has 1 heterocycles. The van der Waals surface area contributed by atoms with Gasteiger partial charge in [-0.15, -0.1) is 0 Å². The third kappa shape index (κ3) is 4.23. The summed E-state index contributed by atoms with van der Waals surface area (Å²) in [6.45, 7) is 0. The van der Waals surface area contributed by atoms with E-state index < -0.39 is 5.92 Å². The molecule has 0 spiro atoms. The van der Waals surface area contributed by atoms with E-state index in [1.165, 1.54) is 19.2 Å². The first-order valence-electron chi connectivity index (χ1n) is 8.31. The number of carbonyl (C=O) groups is 1. The summed E-state index contributed by atoms with van der Waals surface area (Å²) in [7, 11) is 3.07. The molecular weight excluding hydrogens is 347 g/mol. The monoisotopic (exact) mass is 366 g/mol. The van der Waals surface area contributed by atoms with Crippen LogP contribution in [0, 0.1) is 5.82 Å². The molecule has 3 aromatic rings. The summed E-state index contributed by atoms with van der Waals surface area (Å²) in [6.07, 6.45) is 1.62. The average molecular weight is 366 g/mol. The summed E-state index contributed by atoms with van der Waals surface area (Å²) in [6, 6.07) is 16.3. The van der Waals surface area contributed by atoms with Crippen LogP contribution in [0.1, 0.15) is 17.2 Å². The van der Waals surface area contributed by atoms with E-state index in [2.05, 4.69) is 10.3 Å². The molecule has 0 radical (unpaired) electrons. The summed E-state index contributed by atoms with van der Waals surface area (Å²) in [5, 5.41) is 2.87. The minimum atomic E-state index is -0.696. The molecular formula is C21H19FN2O3. The van der Waals surface area contributed by atoms with Crippen LogP contribution >= 0.6 is 0 Å². The molecule has 1 N–H and O–H groups in total. The fourth-order valence-corrected chi connectivity index (χ4v) is 2.77. The number of anilines is 1. The third-order valence-electron chi connectivity index (χ3n) is 4.12. The van der Waals surface area contributed by atoms with Crippen molar-refractivity contribution in [3.05, 3.63) is 83.9 Å². The number of ether oxygens (including phenoxy) is 2. The van der Waals surface area contributed by atoms with Crippen molar-refractivity contribution in [3.8, 4) is 11.5 Å². The lowest BCUT2D eigenvalue weighted by molar-refractivity contribution is -0.116. The van der Waals surface area contributed by atoms with Gasteiger partial charge in [-0.05, 0) is 42.0 Å². The lowest BCUT2D eigenvalue weighted by Gasteiger charge is -2.18. The Balaban J connectivity index is 1.95. The Labute approximate surface area is 156 Å². The fourth-order valence-electron chi connectivity index (χ4n) is 2.77. The van der Waals surface area contributed by atoms with Crippen LogP contribution in [0.4, 0.5) is 10.1 Å². The zero-order valence-corrected chi connectivity index (χ0v) is 15.0. The second-order valence-corrected chi connectivity index (χ2v) is 5.79. The van der Waals surface area contributed by atoms with Gasteiger partial charge in [0.1, 0.15) is 23.2 Å². The highest BCUT2D eigenvalue weighted by molar-refractivity contribution is 5.99. The van der Waals surface area contributed by atoms with Gasteiger partial charge in [0.25, 0.3) is 0 Å². The number of nitrogens with one attached hydrogen (secondary N) is 1. The van der Waals surface area contributed by atoms with Gasteiger partial charge in [0, 0.05) is 12.3 Å². The molecule has 138 valence electrons. The molecule has 0 saturated heterocycles. The van der Waals surface area contributed by atoms with Crippen molar-refractivity contribution in [1.29, 1.82) is 0 Å². The highest BCUT2D eigenvalue weighted by Crippen LogP contribution is 2.31. The number of halogens is 1. The van der Waals surface area contributed by atoms with E-state index >= 15 is 0 Å². The number of hydrogen-bond donors (Lipinski definition) is 1. The summed E-state index contributed by atoms with van der Waals surface area (Å²) < 4.78 is 23.8. The Morgan fingerprint density at radius 3 is 2.44 bits per heavy atom. The van der Waals surface area contributed by atoms with Crippen LogP contribution in [-0.4, -0.2) is 25.1 Å². The molecule has 0 aliphatic carbocycles. The zero-order valence-electron chi connectivity index (χ0n) is 15.0. The van der Waals surface area contributed by atoms with E-state index in [1.54, 1.807) is 61.8 Å². The van der Waals surface area contributed by atoms with Gasteiger partial charge in [0.05, 0.1) is 25.6 Å². The first-order chi connectivity index (χ1) is 13.1. The Hall–Kier alpha value is -3.41. The van der Waals surface area contributed by atoms with Crippen molar-refractivity contribution in [2.75, 3.05) is 19.5 Å². The number of aromatic nitrogens is 1. The van der Waals surface area contributed by atoms with E-state index in [-0.39, 0.29) is 11.7 Å². The highest BCUT2D eigenvalue weighted by Gasteiger charge is 2.25. The van der Waals surface area contributed by atoms with Crippen molar-refractivity contribution in [2.45, 2.75) is 5.92 Å². The van der Waals surface area contributed by atoms with Gasteiger partial charge in [-0.1, -0.05) is 18.2 Å². The van der Waals surface area contributed by atoms with E-state index in [9.17, 15) is 9.18 Å². The van der Waals surface area contributed by atoms with Crippen LogP contribution in [-0.2, 0) is 4.79 Å². The minimum absolute atomic E-state index is 0.302. The molecule has 0 bridgehead atoms. The van der Waals surface area contributed by atoms with Crippen LogP contribution in [0.2, 0.25) is 0 Å². The van der Waals surface area contributed by atoms with Gasteiger partial charge in [-0.2, -0.15) is 0 Å². The largest absolute Gasteiger partial charge is 0.497 e. The highest BCUT2D eigenvalue weighted by atomic mass is 19.1. The van der Waals surface area contributed by atoms with E-state index in [4.69, 9.17) is 9.47 Å². The first kappa shape index (κ1) is 18.4. The molecule has 6 heteroatoms. The minimum Gasteiger partial charge on any atom is -0.497 e. The van der Waals surface area contributed by atoms with Crippen molar-refractivity contribution >= 4 is 11.6 Å². The first-order valence-corrected chi connectivity index (χ1v) is 8.31. The van der Waals surface area contributed by atoms with Gasteiger partial charge >= 0.3 is 0 Å². The molecule has 3 rings (SSSR count). The smallest absolute Gasteiger partial charge is 0.238 e. The van der Waals surface area contributed by atoms with Crippen LogP contribution in [0.3, 0.4) is 0 Å². The maximum Gasteiger partial charge on any atom is 0.238 e. The summed E-state index contributed by atoms with van der Waals surface area (Å²) in [5.41, 5.74) is 1.71. The number of hydrogen-bond acceptors (Lipinski definition) is 4. The normalized spacial score (nSPS) is 11.5. The van der Waals surface area contributed by atoms with Crippen molar-refractivity contribution in [2.24, 2.45) is 0 Å². The lowest BCUT2D eigenvalue weighted by atomic mass is 9.94. The lowest BCUT2D eigenvalue weighted by Crippen LogP contribution is -2.23. The van der Waals surface area contributed by atoms with Crippen LogP contribution in [0.25, 0.3) is 0 Å². The quantitative estimate of drug-likeness (QED) is 0.716. The predicted molar refractivity (Wildman–Crippen MR) is 101 cm³/mol. The number of methoxy groups -OCH3 is 2. The number of rotatable bonds is 6. The van der Waals surface area contributed by atoms with Crippen LogP contribution in [0.15, 0.2) is 66.9 Å². The number of amides is 1. The van der Waals surface area contributed by atoms with Gasteiger partial charge in [-0.3, -0.25) is 9.78 Å². The van der Waals surface area contributed by atoms with Crippen LogP contribution < -0.4 is 14.8 Å². The Morgan fingerprint density at radius 2 is 1.81 bits per heavy atom. The SMILES string of the molecule is COc1ccc(NC(=O)C(c2ccc(F)cc2)c2ccccn2)c(OC)c1. The molecule has 1 aromatic heterocycles. The number of pyridine rings is 1. The molecule has 1 unspecified atom stereocenters.